The van der Waals surface area contributed by atoms with Crippen molar-refractivity contribution in [3.8, 4) is 5.75 Å². The molecule has 1 aromatic rings. The number of carbonyl (C=O) groups excluding carboxylic acids is 3. The number of rotatable bonds is 7. The van der Waals surface area contributed by atoms with Crippen molar-refractivity contribution in [3.05, 3.63) is 29.8 Å². The van der Waals surface area contributed by atoms with E-state index in [9.17, 15) is 24.3 Å². The number of aliphatic carboxylic acids is 1. The van der Waals surface area contributed by atoms with Gasteiger partial charge >= 0.3 is 5.97 Å². The van der Waals surface area contributed by atoms with E-state index in [1.165, 1.54) is 6.92 Å². The molecule has 2 heterocycles. The van der Waals surface area contributed by atoms with Crippen LogP contribution in [0.25, 0.3) is 0 Å². The summed E-state index contributed by atoms with van der Waals surface area (Å²) in [7, 11) is 0. The summed E-state index contributed by atoms with van der Waals surface area (Å²) >= 11 is 0. The van der Waals surface area contributed by atoms with Crippen molar-refractivity contribution in [1.82, 2.24) is 15.1 Å². The molecule has 2 saturated heterocycles. The highest BCUT2D eigenvalue weighted by Crippen LogP contribution is 2.33. The number of hydrogen-bond donors (Lipinski definition) is 2. The molecule has 3 amide bonds. The van der Waals surface area contributed by atoms with Gasteiger partial charge in [-0.25, -0.2) is 4.79 Å². The molecule has 150 valence electrons. The molecule has 0 aromatic heterocycles. The number of benzene rings is 1. The molecule has 0 aliphatic carbocycles. The van der Waals surface area contributed by atoms with Gasteiger partial charge in [-0.1, -0.05) is 13.3 Å². The number of unbranched alkanes of at least 4 members (excludes halogenated alkanes) is 1. The first-order chi connectivity index (χ1) is 13.3. The summed E-state index contributed by atoms with van der Waals surface area (Å²) in [4.78, 5) is 50.2. The number of β-lactam (4-membered cyclic amide) rings is 1. The van der Waals surface area contributed by atoms with Gasteiger partial charge in [0.15, 0.2) is 0 Å². The van der Waals surface area contributed by atoms with Crippen molar-refractivity contribution in [2.75, 3.05) is 13.2 Å². The van der Waals surface area contributed by atoms with Crippen LogP contribution in [0.5, 0.6) is 5.75 Å². The van der Waals surface area contributed by atoms with Crippen LogP contribution in [-0.4, -0.2) is 70.0 Å². The Morgan fingerprint density at radius 3 is 2.50 bits per heavy atom. The summed E-state index contributed by atoms with van der Waals surface area (Å²) in [6, 6.07) is 5.19. The number of carbonyl (C=O) groups is 4. The Hall–Kier alpha value is -3.10. The number of carboxylic acids is 1. The summed E-state index contributed by atoms with van der Waals surface area (Å²) < 4.78 is 5.55. The minimum absolute atomic E-state index is 0.0766. The molecule has 3 atom stereocenters. The van der Waals surface area contributed by atoms with Gasteiger partial charge < -0.3 is 25.0 Å². The maximum absolute atomic E-state index is 12.5. The number of fused-ring (bicyclic) bond motifs is 1. The lowest BCUT2D eigenvalue weighted by atomic mass is 9.96. The standard InChI is InChI=1S/C19H23N3O6/c1-3-4-9-28-13-7-5-12(6-8-13)16(24)20-15-14-10-21(11(2)23)17(19(26)27)22(14)18(15)25/h5-8,14-15,17H,3-4,9-10H2,1-2H3,(H,20,24)(H,26,27). The van der Waals surface area contributed by atoms with Gasteiger partial charge in [0.05, 0.1) is 12.6 Å². The number of carboxylic acid groups (broad SMARTS) is 1. The van der Waals surface area contributed by atoms with Crippen LogP contribution in [0.2, 0.25) is 0 Å². The second-order valence-corrected chi connectivity index (χ2v) is 6.87. The topological polar surface area (TPSA) is 116 Å². The van der Waals surface area contributed by atoms with E-state index >= 15 is 0 Å². The third-order valence-corrected chi connectivity index (χ3v) is 5.00. The van der Waals surface area contributed by atoms with Gasteiger partial charge in [-0.2, -0.15) is 0 Å². The lowest BCUT2D eigenvalue weighted by molar-refractivity contribution is -0.164. The fraction of sp³-hybridized carbons (Fsp3) is 0.474. The maximum Gasteiger partial charge on any atom is 0.347 e. The lowest BCUT2D eigenvalue weighted by Crippen LogP contribution is -2.71. The van der Waals surface area contributed by atoms with Crippen LogP contribution in [0.4, 0.5) is 0 Å². The quantitative estimate of drug-likeness (QED) is 0.517. The Balaban J connectivity index is 1.63. The highest BCUT2D eigenvalue weighted by Gasteiger charge is 2.60. The van der Waals surface area contributed by atoms with Gasteiger partial charge in [0.25, 0.3) is 5.91 Å². The molecule has 2 aliphatic rings. The molecule has 0 spiro atoms. The normalized spacial score (nSPS) is 23.1. The van der Waals surface area contributed by atoms with Crippen LogP contribution in [0.3, 0.4) is 0 Å². The Bertz CT molecular complexity index is 793. The van der Waals surface area contributed by atoms with Crippen LogP contribution in [0.1, 0.15) is 37.0 Å². The maximum atomic E-state index is 12.5. The monoisotopic (exact) mass is 389 g/mol. The fourth-order valence-corrected chi connectivity index (χ4v) is 3.49. The molecule has 3 unspecified atom stereocenters. The predicted molar refractivity (Wildman–Crippen MR) is 97.5 cm³/mol. The molecule has 2 aliphatic heterocycles. The summed E-state index contributed by atoms with van der Waals surface area (Å²) in [5.41, 5.74) is 0.366. The molecular weight excluding hydrogens is 366 g/mol. The Morgan fingerprint density at radius 1 is 1.25 bits per heavy atom. The van der Waals surface area contributed by atoms with E-state index < -0.39 is 41.9 Å². The average Bonchev–Trinajstić information content (AvgIpc) is 3.03. The molecule has 9 heteroatoms. The van der Waals surface area contributed by atoms with Crippen LogP contribution < -0.4 is 10.1 Å². The van der Waals surface area contributed by atoms with Crippen LogP contribution >= 0.6 is 0 Å². The van der Waals surface area contributed by atoms with Crippen LogP contribution in [-0.2, 0) is 14.4 Å². The summed E-state index contributed by atoms with van der Waals surface area (Å²) in [6.45, 7) is 4.00. The predicted octanol–water partition coefficient (Wildman–Crippen LogP) is 0.448. The molecule has 1 aromatic carbocycles. The van der Waals surface area contributed by atoms with Crippen molar-refractivity contribution in [2.24, 2.45) is 0 Å². The summed E-state index contributed by atoms with van der Waals surface area (Å²) in [5.74, 6) is -1.99. The molecule has 3 rings (SSSR count). The van der Waals surface area contributed by atoms with Crippen molar-refractivity contribution in [3.63, 3.8) is 0 Å². The van der Waals surface area contributed by atoms with Crippen molar-refractivity contribution >= 4 is 23.7 Å². The van der Waals surface area contributed by atoms with Gasteiger partial charge in [-0.3, -0.25) is 14.4 Å². The van der Waals surface area contributed by atoms with Gasteiger partial charge in [0, 0.05) is 19.0 Å². The minimum atomic E-state index is -1.32. The Morgan fingerprint density at radius 2 is 1.93 bits per heavy atom. The van der Waals surface area contributed by atoms with E-state index in [-0.39, 0.29) is 6.54 Å². The molecule has 2 N–H and O–H groups in total. The molecule has 28 heavy (non-hydrogen) atoms. The van der Waals surface area contributed by atoms with Crippen LogP contribution in [0, 0.1) is 0 Å². The first kappa shape index (κ1) is 19.7. The number of hydrogen-bond acceptors (Lipinski definition) is 5. The molecular formula is C19H23N3O6. The van der Waals surface area contributed by atoms with Crippen molar-refractivity contribution < 1.29 is 29.0 Å². The molecule has 0 saturated carbocycles. The van der Waals surface area contributed by atoms with E-state index in [4.69, 9.17) is 4.74 Å². The second-order valence-electron chi connectivity index (χ2n) is 6.87. The molecule has 0 radical (unpaired) electrons. The zero-order valence-corrected chi connectivity index (χ0v) is 15.8. The molecule has 0 bridgehead atoms. The lowest BCUT2D eigenvalue weighted by Gasteiger charge is -2.43. The van der Waals surface area contributed by atoms with E-state index in [1.54, 1.807) is 24.3 Å². The van der Waals surface area contributed by atoms with Gasteiger partial charge in [0.2, 0.25) is 18.0 Å². The second kappa shape index (κ2) is 7.87. The first-order valence-electron chi connectivity index (χ1n) is 9.21. The Kier molecular flexibility index (Phi) is 5.53. The van der Waals surface area contributed by atoms with E-state index in [0.29, 0.717) is 17.9 Å². The zero-order valence-electron chi connectivity index (χ0n) is 15.8. The van der Waals surface area contributed by atoms with Gasteiger partial charge in [-0.15, -0.1) is 0 Å². The average molecular weight is 389 g/mol. The van der Waals surface area contributed by atoms with Gasteiger partial charge in [0.1, 0.15) is 11.8 Å². The smallest absolute Gasteiger partial charge is 0.347 e. The molecule has 9 nitrogen and oxygen atoms in total. The largest absolute Gasteiger partial charge is 0.494 e. The Labute approximate surface area is 162 Å². The SMILES string of the molecule is CCCCOc1ccc(C(=O)NC2C(=O)N3C2CN(C(C)=O)C3C(=O)O)cc1. The van der Waals surface area contributed by atoms with Crippen molar-refractivity contribution in [2.45, 2.75) is 44.9 Å². The van der Waals surface area contributed by atoms with Crippen LogP contribution in [0.15, 0.2) is 24.3 Å². The number of nitrogens with one attached hydrogen (secondary N) is 1. The zero-order chi connectivity index (χ0) is 20.4. The number of nitrogens with zero attached hydrogens (tertiary/aromatic N) is 2. The van der Waals surface area contributed by atoms with E-state index in [1.807, 2.05) is 0 Å². The third-order valence-electron chi connectivity index (χ3n) is 5.00. The highest BCUT2D eigenvalue weighted by atomic mass is 16.5. The number of ether oxygens (including phenoxy) is 1. The van der Waals surface area contributed by atoms with Gasteiger partial charge in [-0.05, 0) is 30.7 Å². The third kappa shape index (κ3) is 3.51. The molecule has 2 fully saturated rings. The highest BCUT2D eigenvalue weighted by molar-refractivity contribution is 6.02. The summed E-state index contributed by atoms with van der Waals surface area (Å²) in [5, 5.41) is 12.0. The van der Waals surface area contributed by atoms with E-state index in [2.05, 4.69) is 12.2 Å². The van der Waals surface area contributed by atoms with E-state index in [0.717, 1.165) is 22.6 Å². The number of amides is 3. The fourth-order valence-electron chi connectivity index (χ4n) is 3.49. The van der Waals surface area contributed by atoms with Crippen molar-refractivity contribution in [1.29, 1.82) is 0 Å². The summed E-state index contributed by atoms with van der Waals surface area (Å²) in [6.07, 6.45) is 0.652. The first-order valence-corrected chi connectivity index (χ1v) is 9.21. The minimum Gasteiger partial charge on any atom is -0.494 e.